The van der Waals surface area contributed by atoms with Crippen molar-refractivity contribution in [2.24, 2.45) is 0 Å². The zero-order chi connectivity index (χ0) is 91.3. The molecule has 0 aliphatic heterocycles. The first-order valence-electron chi connectivity index (χ1n) is 38.7. The summed E-state index contributed by atoms with van der Waals surface area (Å²) < 4.78 is 104. The number of nitriles is 2. The number of aromatic nitrogens is 7. The number of carbonyl (C=O) groups excluding carboxylic acids is 4. The lowest BCUT2D eigenvalue weighted by Crippen LogP contribution is -2.40. The molecule has 0 saturated heterocycles. The number of aromatic amines is 1. The number of hydrazine groups is 4. The monoisotopic (exact) mass is 1750 g/mol. The van der Waals surface area contributed by atoms with Crippen LogP contribution in [0.25, 0.3) is 43.9 Å². The van der Waals surface area contributed by atoms with Gasteiger partial charge in [0, 0.05) is 60.5 Å². The highest BCUT2D eigenvalue weighted by atomic mass is 32.1. The van der Waals surface area contributed by atoms with E-state index in [1.165, 1.54) is 83.9 Å². The fourth-order valence-corrected chi connectivity index (χ4v) is 11.5. The van der Waals surface area contributed by atoms with Gasteiger partial charge in [0.1, 0.15) is 46.7 Å². The first-order chi connectivity index (χ1) is 60.6. The molecule has 11 rings (SSSR count). The Hall–Kier alpha value is -15.6. The number of hydrogen-bond acceptors (Lipinski definition) is 22. The van der Waals surface area contributed by atoms with Crippen LogP contribution in [0.2, 0.25) is 0 Å². The van der Waals surface area contributed by atoms with Crippen LogP contribution in [-0.4, -0.2) is 125 Å². The number of hydrogen-bond donors (Lipinski definition) is 13. The fraction of sp³-hybridized carbons (Fsp3) is 0.264. The number of benzene rings is 8. The van der Waals surface area contributed by atoms with Crippen molar-refractivity contribution in [3.05, 3.63) is 254 Å². The van der Waals surface area contributed by atoms with Gasteiger partial charge < -0.3 is 54.6 Å². The molecular weight excluding hydrogens is 1660 g/mol. The van der Waals surface area contributed by atoms with Crippen molar-refractivity contribution in [1.29, 1.82) is 10.5 Å². The van der Waals surface area contributed by atoms with Gasteiger partial charge in [-0.25, -0.2) is 59.0 Å². The van der Waals surface area contributed by atoms with Crippen molar-refractivity contribution in [3.8, 4) is 75.0 Å². The third-order valence-electron chi connectivity index (χ3n) is 17.1. The summed E-state index contributed by atoms with van der Waals surface area (Å²) in [6.07, 6.45) is -1.95. The van der Waals surface area contributed by atoms with E-state index in [2.05, 4.69) is 134 Å². The minimum atomic E-state index is -4.49. The van der Waals surface area contributed by atoms with Crippen LogP contribution in [0, 0.1) is 97.0 Å². The second-order valence-corrected chi connectivity index (χ2v) is 27.7. The Morgan fingerprint density at radius 2 is 0.865 bits per heavy atom. The maximum absolute atomic E-state index is 13.4. The van der Waals surface area contributed by atoms with E-state index in [0.29, 0.717) is 106 Å². The maximum atomic E-state index is 13.4. The van der Waals surface area contributed by atoms with Gasteiger partial charge >= 0.3 is 36.2 Å². The minimum Gasteiger partial charge on any atom is -0.494 e. The highest BCUT2D eigenvalue weighted by molar-refractivity contribution is 7.09. The number of halogens is 6. The van der Waals surface area contributed by atoms with Gasteiger partial charge in [0.2, 0.25) is 18.0 Å². The number of rotatable bonds is 32. The molecule has 0 fully saturated rings. The largest absolute Gasteiger partial charge is 0.494 e. The third kappa shape index (κ3) is 33.4. The summed E-state index contributed by atoms with van der Waals surface area (Å²) in [5.41, 5.74) is 31.0. The highest BCUT2D eigenvalue weighted by Gasteiger charge is 2.30. The molecule has 0 atom stereocenters. The van der Waals surface area contributed by atoms with Crippen molar-refractivity contribution in [2.75, 3.05) is 88.3 Å². The fourth-order valence-electron chi connectivity index (χ4n) is 11.0. The van der Waals surface area contributed by atoms with E-state index >= 15 is 0 Å². The molecule has 11 aromatic rings. The van der Waals surface area contributed by atoms with Crippen LogP contribution in [0.5, 0.6) is 28.7 Å². The molecular formula is C87H93F6N23O9S. The maximum Gasteiger partial charge on any atom is 0.416 e. The lowest BCUT2D eigenvalue weighted by molar-refractivity contribution is -0.137. The van der Waals surface area contributed by atoms with Gasteiger partial charge in [-0.05, 0) is 170 Å². The van der Waals surface area contributed by atoms with E-state index in [1.807, 2.05) is 146 Å². The number of anilines is 4. The van der Waals surface area contributed by atoms with Crippen LogP contribution >= 0.6 is 11.5 Å². The summed E-state index contributed by atoms with van der Waals surface area (Å²) in [4.78, 5) is 77.5. The predicted molar refractivity (Wildman–Crippen MR) is 466 cm³/mol. The molecule has 8 aromatic carbocycles. The summed E-state index contributed by atoms with van der Waals surface area (Å²) in [7, 11) is 1.43. The molecule has 0 aliphatic carbocycles. The van der Waals surface area contributed by atoms with Crippen LogP contribution in [0.15, 0.2) is 164 Å². The number of H-pyrrole nitrogens is 1. The van der Waals surface area contributed by atoms with Crippen LogP contribution in [0.3, 0.4) is 0 Å². The number of aryl methyl sites for hydroxylation is 8. The summed E-state index contributed by atoms with van der Waals surface area (Å²) in [5.74, 6) is 4.03. The van der Waals surface area contributed by atoms with E-state index in [4.69, 9.17) is 47.4 Å². The normalized spacial score (nSPS) is 10.2. The van der Waals surface area contributed by atoms with Crippen molar-refractivity contribution in [3.63, 3.8) is 0 Å². The zero-order valence-electron chi connectivity index (χ0n) is 70.1. The second kappa shape index (κ2) is 51.2. The molecule has 0 spiro atoms. The molecule has 32 nitrogen and oxygen atoms in total. The van der Waals surface area contributed by atoms with Crippen LogP contribution in [0.1, 0.15) is 86.9 Å². The molecule has 8 amide bonds. The van der Waals surface area contributed by atoms with Crippen molar-refractivity contribution < 1.29 is 69.2 Å². The molecule has 658 valence electrons. The van der Waals surface area contributed by atoms with Crippen LogP contribution in [0.4, 0.5) is 79.9 Å². The van der Waals surface area contributed by atoms with Gasteiger partial charge in [-0.2, -0.15) is 43.0 Å². The summed E-state index contributed by atoms with van der Waals surface area (Å²) in [6, 6.07) is 48.2. The quantitative estimate of drug-likeness (QED) is 0.00806. The van der Waals surface area contributed by atoms with Crippen molar-refractivity contribution in [2.45, 2.75) is 87.2 Å². The molecule has 39 heteroatoms. The Kier molecular flexibility index (Phi) is 39.6. The highest BCUT2D eigenvalue weighted by Crippen LogP contribution is 2.33. The number of ether oxygens (including phenoxy) is 5. The van der Waals surface area contributed by atoms with E-state index in [-0.39, 0.29) is 57.9 Å². The molecule has 13 N–H and O–H groups in total. The Bertz CT molecular complexity index is 5540. The Morgan fingerprint density at radius 3 is 1.25 bits per heavy atom. The molecule has 3 heterocycles. The molecule has 0 saturated carbocycles. The van der Waals surface area contributed by atoms with E-state index < -0.39 is 42.6 Å². The van der Waals surface area contributed by atoms with Gasteiger partial charge in [0.25, 0.3) is 11.6 Å². The molecule has 0 unspecified atom stereocenters. The molecule has 0 bridgehead atoms. The van der Waals surface area contributed by atoms with Crippen molar-refractivity contribution >= 4 is 70.0 Å². The number of methoxy groups -OCH3 is 1. The van der Waals surface area contributed by atoms with Crippen LogP contribution in [-0.2, 0) is 6.18 Å². The summed E-state index contributed by atoms with van der Waals surface area (Å²) in [5, 5.41) is 29.5. The molecule has 0 aliphatic rings. The van der Waals surface area contributed by atoms with E-state index in [0.717, 1.165) is 68.5 Å². The Morgan fingerprint density at radius 1 is 0.468 bits per heavy atom. The summed E-state index contributed by atoms with van der Waals surface area (Å²) >= 11 is 1.18. The lowest BCUT2D eigenvalue weighted by atomic mass is 10.1. The number of nitrogens with zero attached hydrogens (tertiary/aromatic N) is 10. The average Bonchev–Trinajstić information content (AvgIpc) is 1.07. The van der Waals surface area contributed by atoms with Gasteiger partial charge in [0.15, 0.2) is 17.5 Å². The van der Waals surface area contributed by atoms with Crippen LogP contribution < -0.4 is 88.4 Å². The summed E-state index contributed by atoms with van der Waals surface area (Å²) in [6.45, 7) is 31.7. The third-order valence-corrected chi connectivity index (χ3v) is 17.7. The van der Waals surface area contributed by atoms with Gasteiger partial charge in [-0.3, -0.25) is 26.7 Å². The molecule has 3 aromatic heterocycles. The minimum absolute atomic E-state index is 0.0215. The Balaban J connectivity index is 0.000000231. The number of nitrogens with one attached hydrogen (secondary N) is 13. The molecule has 126 heavy (non-hydrogen) atoms. The lowest BCUT2D eigenvalue weighted by Gasteiger charge is -2.14. The van der Waals surface area contributed by atoms with Crippen molar-refractivity contribution in [1.82, 2.24) is 77.2 Å². The van der Waals surface area contributed by atoms with Gasteiger partial charge in [-0.15, -0.1) is 0 Å². The number of amides is 8. The topological polar surface area (TPSA) is 408 Å². The number of alkyl halides is 5. The van der Waals surface area contributed by atoms with E-state index in [9.17, 15) is 45.5 Å². The average molecular weight is 1750 g/mol. The van der Waals surface area contributed by atoms with Gasteiger partial charge in [0.05, 0.1) is 55.9 Å². The van der Waals surface area contributed by atoms with E-state index in [1.54, 1.807) is 0 Å². The second-order valence-electron chi connectivity index (χ2n) is 27.0. The number of urea groups is 4. The number of imidazole rings is 1. The first kappa shape index (κ1) is 97.5. The van der Waals surface area contributed by atoms with Gasteiger partial charge in [-0.1, -0.05) is 131 Å². The SMILES string of the molecule is COc1cc(C#N)c(C#N)cc1NNC(=O)NCCCOc1ccc(C)cc1C.Cc1ccc(OCCCNC(=O)NNc2nc(-c3ccc(F)cc3)nc(-c3ccc(C(F)(F)F)cc3)n2)c(C)c1.Cc1ccc(OCCCNC(=O)NNc2nc(-c3ccccc3)ns2)c(C)c1.FCF.[C-]#[N+]c1nc(NNC(=O)NCCCOc2ccc(C)cc2C)[nH]c1[N+]#[C-]. The number of carbonyl (C=O) groups is 4. The smallest absolute Gasteiger partial charge is 0.416 e. The standard InChI is InChI=1S/C28H26F4N6O2.C21H23N5O3.C20H23N5O2S.C17H19N7O2.CH2F2/c1-17-4-13-23(18(2)16-17)40-15-3-14-33-27(39)38-37-26-35-24(19-5-9-21(10-6-19)28(30,31)32)34-25(36-26)20-7-11-22(29)12-8-20;1-14-5-6-19(15(2)9-14)29-8-4-7-24-21(27)26-25-18-10-16(12-22)17(13-23)11-20(18)28-3;1-14-9-10-17(15(2)13-14)27-12-6-11-21-19(26)23-24-20-22-18(25-28-20)16-7-4-3-5-8-16;1-11-6-7-13(12(2)10-11)26-9-5-8-20-17(25)24-23-16-21-14(18-3)15(19-4)22-16;2-1-3/h4-13,16H,3,14-15H2,1-2H3,(H2,33,38,39)(H,34,35,36,37);5-6,9-11,25H,4,7-8H2,1-3H3,(H2,24,26,27);3-5,7-10,13H,6,11-12H2,1-2H3,(H2,21,23,26)(H,22,24,25);6-7,10H,5,8-9H2,1-2H3,(H2,20,24,25)(H2,21,22,23);1H2. The first-order valence-corrected chi connectivity index (χ1v) is 39.5. The molecule has 0 radical (unpaired) electrons. The Labute approximate surface area is 727 Å². The zero-order valence-corrected chi connectivity index (χ0v) is 70.9. The predicted octanol–water partition coefficient (Wildman–Crippen LogP) is 17.2.